The van der Waals surface area contributed by atoms with Crippen LogP contribution in [0, 0.1) is 0 Å². The second-order valence-corrected chi connectivity index (χ2v) is 7.27. The predicted octanol–water partition coefficient (Wildman–Crippen LogP) is 3.90. The number of aromatic nitrogens is 4. The van der Waals surface area contributed by atoms with Gasteiger partial charge in [-0.3, -0.25) is 4.68 Å². The number of benzene rings is 2. The molecule has 32 heavy (non-hydrogen) atoms. The van der Waals surface area contributed by atoms with Crippen LogP contribution in [0.3, 0.4) is 0 Å². The molecule has 1 aliphatic rings. The lowest BCUT2D eigenvalue weighted by molar-refractivity contribution is -0.00115. The number of methoxy groups -OCH3 is 3. The molecule has 164 valence electrons. The number of ether oxygens (including phenoxy) is 4. The number of hydrogen-bond donors (Lipinski definition) is 0. The molecule has 5 rings (SSSR count). The summed E-state index contributed by atoms with van der Waals surface area (Å²) in [6.07, 6.45) is -0.0915. The molecule has 9 nitrogen and oxygen atoms in total. The smallest absolute Gasteiger partial charge is 0.278 e. The summed E-state index contributed by atoms with van der Waals surface area (Å²) < 4.78 is 29.3. The van der Waals surface area contributed by atoms with E-state index in [1.165, 1.54) is 0 Å². The summed E-state index contributed by atoms with van der Waals surface area (Å²) in [4.78, 5) is 4.52. The van der Waals surface area contributed by atoms with Crippen molar-refractivity contribution in [2.45, 2.75) is 19.3 Å². The Bertz CT molecular complexity index is 1230. The summed E-state index contributed by atoms with van der Waals surface area (Å²) in [5.74, 6) is 2.83. The first-order valence-electron chi connectivity index (χ1n) is 10.1. The van der Waals surface area contributed by atoms with Gasteiger partial charge in [0.15, 0.2) is 17.2 Å². The van der Waals surface area contributed by atoms with Gasteiger partial charge in [-0.15, -0.1) is 0 Å². The highest BCUT2D eigenvalue weighted by molar-refractivity contribution is 5.62. The maximum atomic E-state index is 6.04. The molecule has 0 bridgehead atoms. The Balaban J connectivity index is 1.37. The van der Waals surface area contributed by atoms with Crippen molar-refractivity contribution in [2.24, 2.45) is 0 Å². The van der Waals surface area contributed by atoms with Crippen LogP contribution in [-0.4, -0.2) is 41.3 Å². The molecule has 4 aromatic rings. The van der Waals surface area contributed by atoms with E-state index in [-0.39, 0.29) is 6.10 Å². The zero-order valence-corrected chi connectivity index (χ0v) is 17.9. The number of hydrogen-bond acceptors (Lipinski definition) is 8. The fourth-order valence-electron chi connectivity index (χ4n) is 3.67. The minimum Gasteiger partial charge on any atom is -0.497 e. The first-order valence-corrected chi connectivity index (χ1v) is 10.1. The minimum absolute atomic E-state index is 0.0915. The second-order valence-electron chi connectivity index (χ2n) is 7.27. The van der Waals surface area contributed by atoms with Gasteiger partial charge in [-0.2, -0.15) is 10.1 Å². The Labute approximate surface area is 184 Å². The van der Waals surface area contributed by atoms with E-state index >= 15 is 0 Å². The van der Waals surface area contributed by atoms with Crippen molar-refractivity contribution < 1.29 is 23.5 Å². The maximum Gasteiger partial charge on any atom is 0.278 e. The van der Waals surface area contributed by atoms with Crippen molar-refractivity contribution in [3.63, 3.8) is 0 Å². The molecule has 2 aromatic carbocycles. The Morgan fingerprint density at radius 1 is 0.938 bits per heavy atom. The van der Waals surface area contributed by atoms with Gasteiger partial charge >= 0.3 is 0 Å². The summed E-state index contributed by atoms with van der Waals surface area (Å²) in [6, 6.07) is 15.2. The van der Waals surface area contributed by atoms with E-state index in [0.29, 0.717) is 42.1 Å². The van der Waals surface area contributed by atoms with Gasteiger partial charge in [-0.1, -0.05) is 17.3 Å². The maximum absolute atomic E-state index is 6.04. The molecule has 0 radical (unpaired) electrons. The largest absolute Gasteiger partial charge is 0.497 e. The highest BCUT2D eigenvalue weighted by Crippen LogP contribution is 2.33. The zero-order chi connectivity index (χ0) is 22.1. The van der Waals surface area contributed by atoms with Gasteiger partial charge < -0.3 is 23.5 Å². The van der Waals surface area contributed by atoms with Gasteiger partial charge in [0.2, 0.25) is 5.82 Å². The molecule has 0 amide bonds. The van der Waals surface area contributed by atoms with Crippen molar-refractivity contribution in [1.82, 2.24) is 19.9 Å². The van der Waals surface area contributed by atoms with Gasteiger partial charge in [-0.05, 0) is 42.0 Å². The Hall–Kier alpha value is -3.85. The van der Waals surface area contributed by atoms with E-state index in [0.717, 1.165) is 22.6 Å². The highest BCUT2D eigenvalue weighted by atomic mass is 16.5. The van der Waals surface area contributed by atoms with Crippen LogP contribution in [0.2, 0.25) is 0 Å². The van der Waals surface area contributed by atoms with Crippen LogP contribution >= 0.6 is 0 Å². The van der Waals surface area contributed by atoms with Crippen LogP contribution in [0.1, 0.15) is 17.4 Å². The van der Waals surface area contributed by atoms with Crippen molar-refractivity contribution in [3.8, 4) is 40.2 Å². The molecule has 0 fully saturated rings. The average molecular weight is 434 g/mol. The summed E-state index contributed by atoms with van der Waals surface area (Å²) >= 11 is 0. The Kier molecular flexibility index (Phi) is 5.24. The van der Waals surface area contributed by atoms with Crippen LogP contribution in [0.15, 0.2) is 53.1 Å². The molecular weight excluding hydrogens is 412 g/mol. The van der Waals surface area contributed by atoms with E-state index in [4.69, 9.17) is 23.5 Å². The third-order valence-electron chi connectivity index (χ3n) is 5.41. The average Bonchev–Trinajstić information content (AvgIpc) is 3.50. The molecule has 1 atom stereocenters. The van der Waals surface area contributed by atoms with Crippen molar-refractivity contribution >= 4 is 0 Å². The van der Waals surface area contributed by atoms with Crippen LogP contribution in [0.25, 0.3) is 23.0 Å². The van der Waals surface area contributed by atoms with E-state index in [2.05, 4.69) is 15.2 Å². The van der Waals surface area contributed by atoms with E-state index < -0.39 is 0 Å². The van der Waals surface area contributed by atoms with Crippen LogP contribution in [-0.2, 0) is 17.9 Å². The van der Waals surface area contributed by atoms with Gasteiger partial charge in [0, 0.05) is 5.56 Å². The lowest BCUT2D eigenvalue weighted by atomic mass is 10.1. The monoisotopic (exact) mass is 434 g/mol. The zero-order valence-electron chi connectivity index (χ0n) is 17.9. The van der Waals surface area contributed by atoms with Gasteiger partial charge in [0.05, 0.1) is 40.2 Å². The molecule has 0 saturated carbocycles. The summed E-state index contributed by atoms with van der Waals surface area (Å²) in [7, 11) is 4.82. The standard InChI is InChI=1S/C23H22N4O5/c1-28-17-7-4-14(5-8-17)21-12-27-16(13-31-21)11-18(25-27)23-24-22(26-32-23)15-6-9-19(29-2)20(10-15)30-3/h4-11,21H,12-13H2,1-3H3. The molecule has 0 spiro atoms. The van der Waals surface area contributed by atoms with E-state index in [1.807, 2.05) is 41.1 Å². The van der Waals surface area contributed by atoms with Gasteiger partial charge in [0.1, 0.15) is 11.9 Å². The lowest BCUT2D eigenvalue weighted by Crippen LogP contribution is -2.21. The predicted molar refractivity (Wildman–Crippen MR) is 115 cm³/mol. The first kappa shape index (κ1) is 20.1. The molecule has 9 heteroatoms. The molecule has 1 aliphatic heterocycles. The third-order valence-corrected chi connectivity index (χ3v) is 5.41. The number of rotatable bonds is 6. The molecule has 2 aromatic heterocycles. The molecule has 0 saturated heterocycles. The molecule has 1 unspecified atom stereocenters. The summed E-state index contributed by atoms with van der Waals surface area (Å²) in [5.41, 5.74) is 3.39. The summed E-state index contributed by atoms with van der Waals surface area (Å²) in [5, 5.41) is 8.77. The Morgan fingerprint density at radius 2 is 1.75 bits per heavy atom. The molecule has 0 aliphatic carbocycles. The van der Waals surface area contributed by atoms with Crippen molar-refractivity contribution in [1.29, 1.82) is 0 Å². The van der Waals surface area contributed by atoms with Gasteiger partial charge in [-0.25, -0.2) is 0 Å². The molecule has 3 heterocycles. The first-order chi connectivity index (χ1) is 15.7. The second kappa shape index (κ2) is 8.35. The molecular formula is C23H22N4O5. The van der Waals surface area contributed by atoms with Crippen LogP contribution in [0.5, 0.6) is 17.2 Å². The number of fused-ring (bicyclic) bond motifs is 1. The van der Waals surface area contributed by atoms with Crippen LogP contribution in [0.4, 0.5) is 0 Å². The number of nitrogens with zero attached hydrogens (tertiary/aromatic N) is 4. The lowest BCUT2D eigenvalue weighted by Gasteiger charge is -2.24. The van der Waals surface area contributed by atoms with Crippen LogP contribution < -0.4 is 14.2 Å². The van der Waals surface area contributed by atoms with Crippen molar-refractivity contribution in [3.05, 3.63) is 59.8 Å². The van der Waals surface area contributed by atoms with E-state index in [9.17, 15) is 0 Å². The fraction of sp³-hybridized carbons (Fsp3) is 0.261. The topological polar surface area (TPSA) is 93.7 Å². The SMILES string of the molecule is COc1ccc(C2Cn3nc(-c4nc(-c5ccc(OC)c(OC)c5)no4)cc3CO2)cc1. The highest BCUT2D eigenvalue weighted by Gasteiger charge is 2.24. The van der Waals surface area contributed by atoms with Gasteiger partial charge in [0.25, 0.3) is 5.89 Å². The van der Waals surface area contributed by atoms with Crippen molar-refractivity contribution in [2.75, 3.05) is 21.3 Å². The molecule has 0 N–H and O–H groups in total. The van der Waals surface area contributed by atoms with E-state index in [1.54, 1.807) is 33.5 Å². The normalized spacial score (nSPS) is 15.3. The summed E-state index contributed by atoms with van der Waals surface area (Å²) in [6.45, 7) is 1.04. The Morgan fingerprint density at radius 3 is 2.50 bits per heavy atom. The minimum atomic E-state index is -0.0915. The third kappa shape index (κ3) is 3.67. The fourth-order valence-corrected chi connectivity index (χ4v) is 3.67. The quantitative estimate of drug-likeness (QED) is 0.451.